The molecule has 0 atom stereocenters. The SMILES string of the molecule is c1ccc(Cn2cc(-c3nc4ncccc4[nH]3)c(-c3ccc4c(c3)OCO4)n2)cc1. The molecule has 5 aromatic rings. The van der Waals surface area contributed by atoms with Gasteiger partial charge in [0.1, 0.15) is 11.5 Å². The van der Waals surface area contributed by atoms with E-state index < -0.39 is 0 Å². The van der Waals surface area contributed by atoms with Crippen molar-refractivity contribution in [1.29, 1.82) is 0 Å². The van der Waals surface area contributed by atoms with Gasteiger partial charge in [0.2, 0.25) is 6.79 Å². The van der Waals surface area contributed by atoms with Crippen LogP contribution in [0.25, 0.3) is 33.8 Å². The Kier molecular flexibility index (Phi) is 3.77. The highest BCUT2D eigenvalue weighted by molar-refractivity contribution is 5.83. The fourth-order valence-corrected chi connectivity index (χ4v) is 3.68. The van der Waals surface area contributed by atoms with Crippen molar-refractivity contribution in [3.8, 4) is 34.1 Å². The molecule has 0 radical (unpaired) electrons. The van der Waals surface area contributed by atoms with Gasteiger partial charge in [0, 0.05) is 18.0 Å². The Balaban J connectivity index is 1.49. The predicted molar refractivity (Wildman–Crippen MR) is 112 cm³/mol. The molecule has 0 saturated heterocycles. The Morgan fingerprint density at radius 1 is 0.967 bits per heavy atom. The van der Waals surface area contributed by atoms with Gasteiger partial charge in [-0.3, -0.25) is 4.68 Å². The summed E-state index contributed by atoms with van der Waals surface area (Å²) in [5.41, 5.74) is 5.41. The van der Waals surface area contributed by atoms with Crippen molar-refractivity contribution < 1.29 is 9.47 Å². The molecule has 2 aromatic carbocycles. The van der Waals surface area contributed by atoms with Crippen LogP contribution in [0.5, 0.6) is 11.5 Å². The molecule has 0 unspecified atom stereocenters. The van der Waals surface area contributed by atoms with Crippen LogP contribution in [-0.4, -0.2) is 31.5 Å². The van der Waals surface area contributed by atoms with Crippen LogP contribution in [0.15, 0.2) is 73.1 Å². The molecule has 0 spiro atoms. The molecule has 7 nitrogen and oxygen atoms in total. The number of pyridine rings is 1. The number of rotatable bonds is 4. The lowest BCUT2D eigenvalue weighted by molar-refractivity contribution is 0.174. The summed E-state index contributed by atoms with van der Waals surface area (Å²) in [5.74, 6) is 2.20. The van der Waals surface area contributed by atoms with Gasteiger partial charge in [-0.25, -0.2) is 9.97 Å². The number of aromatic nitrogens is 5. The standard InChI is InChI=1S/C23H17N5O2/c1-2-5-15(6-3-1)12-28-13-17(22-25-18-7-4-10-24-23(18)26-22)21(27-28)16-8-9-19-20(11-16)30-14-29-19/h1-11,13H,12,14H2,(H,24,25,26). The van der Waals surface area contributed by atoms with Crippen molar-refractivity contribution >= 4 is 11.2 Å². The topological polar surface area (TPSA) is 77.9 Å². The summed E-state index contributed by atoms with van der Waals surface area (Å²) in [6.07, 6.45) is 3.76. The molecular weight excluding hydrogens is 378 g/mol. The summed E-state index contributed by atoms with van der Waals surface area (Å²) in [6.45, 7) is 0.903. The van der Waals surface area contributed by atoms with Crippen molar-refractivity contribution in [3.63, 3.8) is 0 Å². The van der Waals surface area contributed by atoms with Crippen LogP contribution in [0.3, 0.4) is 0 Å². The molecule has 0 bridgehead atoms. The first kappa shape index (κ1) is 16.8. The summed E-state index contributed by atoms with van der Waals surface area (Å²) < 4.78 is 13.0. The number of H-pyrrole nitrogens is 1. The average Bonchev–Trinajstić information content (AvgIpc) is 3.51. The second kappa shape index (κ2) is 6.73. The highest BCUT2D eigenvalue weighted by Crippen LogP contribution is 2.38. The Hall–Kier alpha value is -4.13. The molecule has 4 heterocycles. The minimum absolute atomic E-state index is 0.239. The maximum absolute atomic E-state index is 5.57. The molecule has 0 saturated carbocycles. The predicted octanol–water partition coefficient (Wildman–Crippen LogP) is 4.27. The number of ether oxygens (including phenoxy) is 2. The van der Waals surface area contributed by atoms with E-state index >= 15 is 0 Å². The average molecular weight is 395 g/mol. The molecule has 3 aromatic heterocycles. The van der Waals surface area contributed by atoms with E-state index in [2.05, 4.69) is 27.1 Å². The van der Waals surface area contributed by atoms with E-state index in [1.54, 1.807) is 6.20 Å². The summed E-state index contributed by atoms with van der Waals surface area (Å²) in [5, 5.41) is 4.89. The van der Waals surface area contributed by atoms with Gasteiger partial charge in [-0.1, -0.05) is 30.3 Å². The van der Waals surface area contributed by atoms with Gasteiger partial charge in [-0.05, 0) is 35.9 Å². The molecule has 146 valence electrons. The quantitative estimate of drug-likeness (QED) is 0.492. The van der Waals surface area contributed by atoms with Crippen molar-refractivity contribution in [2.24, 2.45) is 0 Å². The molecular formula is C23H17N5O2. The smallest absolute Gasteiger partial charge is 0.231 e. The highest BCUT2D eigenvalue weighted by atomic mass is 16.7. The molecule has 1 aliphatic heterocycles. The second-order valence-corrected chi connectivity index (χ2v) is 7.10. The minimum atomic E-state index is 0.239. The van der Waals surface area contributed by atoms with E-state index in [1.165, 1.54) is 5.56 Å². The number of nitrogens with one attached hydrogen (secondary N) is 1. The zero-order valence-corrected chi connectivity index (χ0v) is 15.9. The molecule has 6 rings (SSSR count). The lowest BCUT2D eigenvalue weighted by Crippen LogP contribution is -2.00. The van der Waals surface area contributed by atoms with E-state index in [9.17, 15) is 0 Å². The third-order valence-corrected chi connectivity index (χ3v) is 5.11. The second-order valence-electron chi connectivity index (χ2n) is 7.10. The Labute approximate surface area is 171 Å². The van der Waals surface area contributed by atoms with E-state index in [1.807, 2.05) is 59.4 Å². The van der Waals surface area contributed by atoms with Crippen LogP contribution in [0.1, 0.15) is 5.56 Å². The van der Waals surface area contributed by atoms with Gasteiger partial charge >= 0.3 is 0 Å². The first-order valence-corrected chi connectivity index (χ1v) is 9.66. The Bertz CT molecular complexity index is 1320. The first-order chi connectivity index (χ1) is 14.8. The van der Waals surface area contributed by atoms with E-state index in [-0.39, 0.29) is 6.79 Å². The Morgan fingerprint density at radius 3 is 2.77 bits per heavy atom. The molecule has 30 heavy (non-hydrogen) atoms. The molecule has 1 aliphatic rings. The maximum Gasteiger partial charge on any atom is 0.231 e. The number of nitrogens with zero attached hydrogens (tertiary/aromatic N) is 4. The zero-order chi connectivity index (χ0) is 19.9. The number of hydrogen-bond donors (Lipinski definition) is 1. The molecule has 0 fully saturated rings. The van der Waals surface area contributed by atoms with E-state index in [4.69, 9.17) is 14.6 Å². The first-order valence-electron chi connectivity index (χ1n) is 9.66. The summed E-state index contributed by atoms with van der Waals surface area (Å²) >= 11 is 0. The third kappa shape index (κ3) is 2.88. The maximum atomic E-state index is 5.57. The lowest BCUT2D eigenvalue weighted by Gasteiger charge is -2.03. The molecule has 0 amide bonds. The number of imidazole rings is 1. The van der Waals surface area contributed by atoms with E-state index in [0.717, 1.165) is 39.7 Å². The largest absolute Gasteiger partial charge is 0.454 e. The van der Waals surface area contributed by atoms with Gasteiger partial charge in [-0.2, -0.15) is 5.10 Å². The monoisotopic (exact) mass is 395 g/mol. The van der Waals surface area contributed by atoms with Crippen LogP contribution in [-0.2, 0) is 6.54 Å². The number of benzene rings is 2. The zero-order valence-electron chi connectivity index (χ0n) is 15.9. The third-order valence-electron chi connectivity index (χ3n) is 5.11. The van der Waals surface area contributed by atoms with Crippen molar-refractivity contribution in [1.82, 2.24) is 24.7 Å². The lowest BCUT2D eigenvalue weighted by atomic mass is 10.1. The summed E-state index contributed by atoms with van der Waals surface area (Å²) in [7, 11) is 0. The Morgan fingerprint density at radius 2 is 1.87 bits per heavy atom. The fraction of sp³-hybridized carbons (Fsp3) is 0.0870. The van der Waals surface area contributed by atoms with Crippen LogP contribution < -0.4 is 9.47 Å². The van der Waals surface area contributed by atoms with Crippen LogP contribution in [0, 0.1) is 0 Å². The van der Waals surface area contributed by atoms with Gasteiger partial charge < -0.3 is 14.5 Å². The van der Waals surface area contributed by atoms with Crippen molar-refractivity contribution in [2.75, 3.05) is 6.79 Å². The van der Waals surface area contributed by atoms with Gasteiger partial charge in [0.25, 0.3) is 0 Å². The van der Waals surface area contributed by atoms with Gasteiger partial charge in [0.15, 0.2) is 17.1 Å². The van der Waals surface area contributed by atoms with Crippen molar-refractivity contribution in [2.45, 2.75) is 6.54 Å². The number of aromatic amines is 1. The molecule has 0 aliphatic carbocycles. The van der Waals surface area contributed by atoms with Gasteiger partial charge in [-0.15, -0.1) is 0 Å². The van der Waals surface area contributed by atoms with Crippen LogP contribution in [0.4, 0.5) is 0 Å². The normalized spacial score (nSPS) is 12.5. The molecule has 1 N–H and O–H groups in total. The number of fused-ring (bicyclic) bond motifs is 2. The summed E-state index contributed by atoms with van der Waals surface area (Å²) in [4.78, 5) is 12.4. The van der Waals surface area contributed by atoms with E-state index in [0.29, 0.717) is 12.2 Å². The van der Waals surface area contributed by atoms with Crippen LogP contribution in [0.2, 0.25) is 0 Å². The minimum Gasteiger partial charge on any atom is -0.454 e. The van der Waals surface area contributed by atoms with Crippen molar-refractivity contribution in [3.05, 3.63) is 78.6 Å². The van der Waals surface area contributed by atoms with Crippen LogP contribution >= 0.6 is 0 Å². The highest BCUT2D eigenvalue weighted by Gasteiger charge is 2.20. The molecule has 7 heteroatoms. The number of hydrogen-bond acceptors (Lipinski definition) is 5. The fourth-order valence-electron chi connectivity index (χ4n) is 3.68. The summed E-state index contributed by atoms with van der Waals surface area (Å²) in [6, 6.07) is 20.0. The van der Waals surface area contributed by atoms with Gasteiger partial charge in [0.05, 0.1) is 17.6 Å².